The molecule has 0 aromatic rings. The molecule has 0 saturated carbocycles. The molecule has 0 spiro atoms. The molecule has 0 heterocycles. The van der Waals surface area contributed by atoms with Crippen molar-refractivity contribution in [3.63, 3.8) is 0 Å². The summed E-state index contributed by atoms with van der Waals surface area (Å²) in [6.45, 7) is 12.6. The van der Waals surface area contributed by atoms with Crippen molar-refractivity contribution >= 4 is 5.78 Å². The average molecular weight is 200 g/mol. The zero-order chi connectivity index (χ0) is 11.6. The summed E-state index contributed by atoms with van der Waals surface area (Å²) in [6.07, 6.45) is 3.81. The van der Waals surface area contributed by atoms with Gasteiger partial charge >= 0.3 is 0 Å². The predicted octanol–water partition coefficient (Wildman–Crippen LogP) is 4.45. The van der Waals surface area contributed by atoms with E-state index in [1.165, 1.54) is 6.42 Å². The number of hydrogen-bond acceptors (Lipinski definition) is 1. The first-order valence-corrected chi connectivity index (χ1v) is 6.04. The molecule has 0 atom stereocenters. The van der Waals surface area contributed by atoms with E-state index in [2.05, 4.69) is 27.7 Å². The third kappa shape index (κ3) is 14.2. The lowest BCUT2D eigenvalue weighted by molar-refractivity contribution is -0.119. The van der Waals surface area contributed by atoms with Gasteiger partial charge in [-0.25, -0.2) is 0 Å². The number of carbonyl (C=O) groups is 1. The maximum atomic E-state index is 11.2. The Balaban J connectivity index is 0. The molecule has 0 aliphatic rings. The lowest BCUT2D eigenvalue weighted by Gasteiger charge is -2.05. The summed E-state index contributed by atoms with van der Waals surface area (Å²) < 4.78 is 0. The van der Waals surface area contributed by atoms with Crippen LogP contribution in [0, 0.1) is 11.8 Å². The zero-order valence-corrected chi connectivity index (χ0v) is 10.9. The number of hydrogen-bond donors (Lipinski definition) is 0. The van der Waals surface area contributed by atoms with Crippen molar-refractivity contribution in [2.45, 2.75) is 67.2 Å². The van der Waals surface area contributed by atoms with E-state index in [1.807, 2.05) is 13.8 Å². The molecule has 0 aliphatic heterocycles. The second-order valence-electron chi connectivity index (χ2n) is 4.42. The highest BCUT2D eigenvalue weighted by molar-refractivity contribution is 5.78. The molecule has 0 N–H and O–H groups in total. The van der Waals surface area contributed by atoms with Gasteiger partial charge in [-0.15, -0.1) is 0 Å². The van der Waals surface area contributed by atoms with Crippen molar-refractivity contribution in [1.29, 1.82) is 0 Å². The Bertz CT molecular complexity index is 125. The van der Waals surface area contributed by atoms with E-state index >= 15 is 0 Å². The molecule has 0 bridgehead atoms. The molecule has 0 aliphatic carbocycles. The SMILES string of the molecule is CC.CC(C)CCCC(=O)CC(C)C. The van der Waals surface area contributed by atoms with E-state index in [0.717, 1.165) is 25.2 Å². The largest absolute Gasteiger partial charge is 0.300 e. The first-order valence-electron chi connectivity index (χ1n) is 6.04. The molecule has 0 radical (unpaired) electrons. The first kappa shape index (κ1) is 16.1. The summed E-state index contributed by atoms with van der Waals surface area (Å²) in [6, 6.07) is 0. The highest BCUT2D eigenvalue weighted by Crippen LogP contribution is 2.09. The van der Waals surface area contributed by atoms with Crippen LogP contribution in [0.25, 0.3) is 0 Å². The zero-order valence-electron chi connectivity index (χ0n) is 10.9. The monoisotopic (exact) mass is 200 g/mol. The van der Waals surface area contributed by atoms with Crippen LogP contribution in [0.4, 0.5) is 0 Å². The fraction of sp³-hybridized carbons (Fsp3) is 0.923. The van der Waals surface area contributed by atoms with Gasteiger partial charge in [-0.05, 0) is 18.3 Å². The second-order valence-corrected chi connectivity index (χ2v) is 4.42. The topological polar surface area (TPSA) is 17.1 Å². The van der Waals surface area contributed by atoms with Crippen LogP contribution in [0.3, 0.4) is 0 Å². The lowest BCUT2D eigenvalue weighted by Crippen LogP contribution is -2.03. The van der Waals surface area contributed by atoms with E-state index in [9.17, 15) is 4.79 Å². The molecule has 86 valence electrons. The molecule has 0 fully saturated rings. The molecule has 0 aromatic heterocycles. The smallest absolute Gasteiger partial charge is 0.133 e. The van der Waals surface area contributed by atoms with E-state index in [4.69, 9.17) is 0 Å². The molecule has 0 rings (SSSR count). The van der Waals surface area contributed by atoms with Gasteiger partial charge in [0.15, 0.2) is 0 Å². The van der Waals surface area contributed by atoms with Crippen LogP contribution in [0.2, 0.25) is 0 Å². The summed E-state index contributed by atoms with van der Waals surface area (Å²) >= 11 is 0. The van der Waals surface area contributed by atoms with Gasteiger partial charge < -0.3 is 0 Å². The first-order chi connectivity index (χ1) is 6.52. The Hall–Kier alpha value is -0.330. The standard InChI is InChI=1S/C11H22O.C2H6/c1-9(2)6-5-7-11(12)8-10(3)4;1-2/h9-10H,5-8H2,1-4H3;1-2H3. The molecular weight excluding hydrogens is 172 g/mol. The number of Topliss-reactive ketones (excluding diaryl/α,β-unsaturated/α-hetero) is 1. The van der Waals surface area contributed by atoms with Crippen molar-refractivity contribution < 1.29 is 4.79 Å². The minimum absolute atomic E-state index is 0.436. The van der Waals surface area contributed by atoms with Crippen molar-refractivity contribution in [2.75, 3.05) is 0 Å². The summed E-state index contributed by atoms with van der Waals surface area (Å²) in [5.41, 5.74) is 0. The third-order valence-corrected chi connectivity index (χ3v) is 1.87. The van der Waals surface area contributed by atoms with Gasteiger partial charge in [0.1, 0.15) is 5.78 Å². The number of rotatable bonds is 6. The van der Waals surface area contributed by atoms with Gasteiger partial charge in [-0.1, -0.05) is 48.0 Å². The summed E-state index contributed by atoms with van der Waals surface area (Å²) in [5, 5.41) is 0. The van der Waals surface area contributed by atoms with E-state index in [-0.39, 0.29) is 0 Å². The molecule has 1 heteroatoms. The Kier molecular flexibility index (Phi) is 12.4. The Morgan fingerprint density at radius 2 is 1.50 bits per heavy atom. The van der Waals surface area contributed by atoms with Crippen LogP contribution < -0.4 is 0 Å². The van der Waals surface area contributed by atoms with E-state index < -0.39 is 0 Å². The third-order valence-electron chi connectivity index (χ3n) is 1.87. The minimum atomic E-state index is 0.436. The second kappa shape index (κ2) is 10.7. The molecule has 14 heavy (non-hydrogen) atoms. The summed E-state index contributed by atoms with van der Waals surface area (Å²) in [7, 11) is 0. The van der Waals surface area contributed by atoms with E-state index in [0.29, 0.717) is 11.7 Å². The maximum absolute atomic E-state index is 11.2. The molecule has 0 saturated heterocycles. The van der Waals surface area contributed by atoms with Crippen LogP contribution in [0.5, 0.6) is 0 Å². The van der Waals surface area contributed by atoms with Gasteiger partial charge in [0.05, 0.1) is 0 Å². The normalized spacial score (nSPS) is 10.0. The van der Waals surface area contributed by atoms with Gasteiger partial charge in [0.2, 0.25) is 0 Å². The summed E-state index contributed by atoms with van der Waals surface area (Å²) in [5.74, 6) is 1.69. The van der Waals surface area contributed by atoms with Crippen LogP contribution >= 0.6 is 0 Å². The predicted molar refractivity (Wildman–Crippen MR) is 64.5 cm³/mol. The lowest BCUT2D eigenvalue weighted by atomic mass is 10.0. The molecular formula is C13H28O. The average Bonchev–Trinajstić information content (AvgIpc) is 2.05. The quantitative estimate of drug-likeness (QED) is 0.619. The van der Waals surface area contributed by atoms with Crippen molar-refractivity contribution in [1.82, 2.24) is 0 Å². The van der Waals surface area contributed by atoms with Gasteiger partial charge in [-0.3, -0.25) is 4.79 Å². The van der Waals surface area contributed by atoms with Gasteiger partial charge in [-0.2, -0.15) is 0 Å². The van der Waals surface area contributed by atoms with Crippen LogP contribution in [-0.2, 0) is 4.79 Å². The van der Waals surface area contributed by atoms with Crippen LogP contribution in [0.15, 0.2) is 0 Å². The minimum Gasteiger partial charge on any atom is -0.300 e. The maximum Gasteiger partial charge on any atom is 0.133 e. The van der Waals surface area contributed by atoms with Crippen molar-refractivity contribution in [3.05, 3.63) is 0 Å². The highest BCUT2D eigenvalue weighted by Gasteiger charge is 2.04. The Morgan fingerprint density at radius 1 is 1.00 bits per heavy atom. The fourth-order valence-electron chi connectivity index (χ4n) is 1.26. The van der Waals surface area contributed by atoms with Crippen LogP contribution in [0.1, 0.15) is 67.2 Å². The highest BCUT2D eigenvalue weighted by atomic mass is 16.1. The molecule has 1 nitrogen and oxygen atoms in total. The molecule has 0 aromatic carbocycles. The molecule has 0 unspecified atom stereocenters. The summed E-state index contributed by atoms with van der Waals surface area (Å²) in [4.78, 5) is 11.2. The van der Waals surface area contributed by atoms with Gasteiger partial charge in [0, 0.05) is 12.8 Å². The van der Waals surface area contributed by atoms with Crippen molar-refractivity contribution in [2.24, 2.45) is 11.8 Å². The van der Waals surface area contributed by atoms with Crippen molar-refractivity contribution in [3.8, 4) is 0 Å². The fourth-order valence-corrected chi connectivity index (χ4v) is 1.26. The number of carbonyl (C=O) groups excluding carboxylic acids is 1. The number of ketones is 1. The van der Waals surface area contributed by atoms with E-state index in [1.54, 1.807) is 0 Å². The van der Waals surface area contributed by atoms with Gasteiger partial charge in [0.25, 0.3) is 0 Å². The van der Waals surface area contributed by atoms with Crippen LogP contribution in [-0.4, -0.2) is 5.78 Å². The Morgan fingerprint density at radius 3 is 1.86 bits per heavy atom. The Labute approximate surface area is 90.3 Å². The molecule has 0 amide bonds.